The molecular formula is C11H15N7O. The number of anilines is 1. The number of nitrogen functional groups attached to an aromatic ring is 1. The molecule has 0 fully saturated rings. The highest BCUT2D eigenvalue weighted by Crippen LogP contribution is 2.21. The van der Waals surface area contributed by atoms with Crippen molar-refractivity contribution in [3.63, 3.8) is 0 Å². The molecule has 8 nitrogen and oxygen atoms in total. The Bertz CT molecular complexity index is 694. The van der Waals surface area contributed by atoms with E-state index in [4.69, 9.17) is 10.3 Å². The predicted molar refractivity (Wildman–Crippen MR) is 68.3 cm³/mol. The van der Waals surface area contributed by atoms with Crippen LogP contribution in [0.3, 0.4) is 0 Å². The minimum absolute atomic E-state index is 0.487. The van der Waals surface area contributed by atoms with Crippen molar-refractivity contribution in [1.82, 2.24) is 29.5 Å². The molecule has 0 amide bonds. The van der Waals surface area contributed by atoms with E-state index < -0.39 is 0 Å². The zero-order valence-electron chi connectivity index (χ0n) is 10.9. The third-order valence-electron chi connectivity index (χ3n) is 3.09. The maximum absolute atomic E-state index is 5.98. The summed E-state index contributed by atoms with van der Waals surface area (Å²) in [6.07, 6.45) is 1.96. The molecular weight excluding hydrogens is 246 g/mol. The smallest absolute Gasteiger partial charge is 0.213 e. The zero-order valence-corrected chi connectivity index (χ0v) is 10.9. The first-order chi connectivity index (χ1) is 9.20. The molecule has 0 radical (unpaired) electrons. The largest absolute Gasteiger partial charge is 0.369 e. The molecule has 0 saturated carbocycles. The first kappa shape index (κ1) is 11.7. The molecule has 3 aromatic heterocycles. The minimum Gasteiger partial charge on any atom is -0.369 e. The Morgan fingerprint density at radius 1 is 1.42 bits per heavy atom. The van der Waals surface area contributed by atoms with Crippen molar-refractivity contribution in [1.29, 1.82) is 0 Å². The van der Waals surface area contributed by atoms with E-state index in [0.717, 1.165) is 23.4 Å². The topological polar surface area (TPSA) is 101 Å². The molecule has 0 bridgehead atoms. The average Bonchev–Trinajstić information content (AvgIpc) is 3.06. The summed E-state index contributed by atoms with van der Waals surface area (Å²) < 4.78 is 8.56. The lowest BCUT2D eigenvalue weighted by Crippen LogP contribution is -2.10. The van der Waals surface area contributed by atoms with Crippen molar-refractivity contribution in [3.8, 4) is 0 Å². The Hall–Kier alpha value is -2.38. The van der Waals surface area contributed by atoms with Gasteiger partial charge in [0.15, 0.2) is 11.5 Å². The van der Waals surface area contributed by atoms with Gasteiger partial charge in [-0.15, -0.1) is 0 Å². The van der Waals surface area contributed by atoms with Gasteiger partial charge in [-0.2, -0.15) is 10.1 Å². The van der Waals surface area contributed by atoms with Crippen molar-refractivity contribution in [2.45, 2.75) is 33.4 Å². The molecule has 0 aliphatic carbocycles. The summed E-state index contributed by atoms with van der Waals surface area (Å²) in [7, 11) is 0. The quantitative estimate of drug-likeness (QED) is 0.744. The highest BCUT2D eigenvalue weighted by Gasteiger charge is 2.16. The number of rotatable bonds is 4. The number of aromatic nitrogens is 6. The zero-order chi connectivity index (χ0) is 13.4. The number of hydrogen-bond donors (Lipinski definition) is 1. The van der Waals surface area contributed by atoms with E-state index >= 15 is 0 Å². The van der Waals surface area contributed by atoms with E-state index in [9.17, 15) is 0 Å². The molecule has 0 aromatic carbocycles. The summed E-state index contributed by atoms with van der Waals surface area (Å²) in [6.45, 7) is 5.40. The van der Waals surface area contributed by atoms with E-state index in [2.05, 4.69) is 20.2 Å². The second kappa shape index (κ2) is 4.38. The van der Waals surface area contributed by atoms with Crippen LogP contribution in [0.15, 0.2) is 10.9 Å². The Balaban J connectivity index is 1.99. The Morgan fingerprint density at radius 2 is 2.26 bits per heavy atom. The van der Waals surface area contributed by atoms with Gasteiger partial charge in [-0.3, -0.25) is 4.57 Å². The van der Waals surface area contributed by atoms with Gasteiger partial charge >= 0.3 is 0 Å². The number of fused-ring (bicyclic) bond motifs is 1. The maximum atomic E-state index is 5.98. The Kier molecular flexibility index (Phi) is 2.69. The van der Waals surface area contributed by atoms with Crippen LogP contribution in [0.2, 0.25) is 0 Å². The van der Waals surface area contributed by atoms with Crippen LogP contribution in [0.5, 0.6) is 0 Å². The van der Waals surface area contributed by atoms with Gasteiger partial charge in [0, 0.05) is 19.5 Å². The lowest BCUT2D eigenvalue weighted by Gasteiger charge is -2.06. The summed E-state index contributed by atoms with van der Waals surface area (Å²) in [5.74, 6) is 1.14. The Labute approximate surface area is 109 Å². The summed E-state index contributed by atoms with van der Waals surface area (Å²) in [6, 6.07) is 0. The third-order valence-corrected chi connectivity index (χ3v) is 3.09. The molecule has 19 heavy (non-hydrogen) atoms. The van der Waals surface area contributed by atoms with Gasteiger partial charge in [0.25, 0.3) is 0 Å². The number of nitrogens with zero attached hydrogens (tertiary/aromatic N) is 6. The van der Waals surface area contributed by atoms with E-state index in [1.54, 1.807) is 0 Å². The monoisotopic (exact) mass is 261 g/mol. The highest BCUT2D eigenvalue weighted by molar-refractivity contribution is 5.77. The van der Waals surface area contributed by atoms with Crippen molar-refractivity contribution in [2.75, 3.05) is 5.73 Å². The fourth-order valence-electron chi connectivity index (χ4n) is 2.20. The highest BCUT2D eigenvalue weighted by atomic mass is 16.5. The van der Waals surface area contributed by atoms with E-state index in [0.29, 0.717) is 24.7 Å². The van der Waals surface area contributed by atoms with Crippen LogP contribution in [-0.4, -0.2) is 29.5 Å². The molecule has 100 valence electrons. The van der Waals surface area contributed by atoms with E-state index in [1.165, 1.54) is 6.39 Å². The van der Waals surface area contributed by atoms with Crippen LogP contribution in [0.4, 0.5) is 5.95 Å². The first-order valence-corrected chi connectivity index (χ1v) is 6.15. The van der Waals surface area contributed by atoms with Gasteiger partial charge in [0.1, 0.15) is 5.52 Å². The fourth-order valence-corrected chi connectivity index (χ4v) is 2.20. The summed E-state index contributed by atoms with van der Waals surface area (Å²) >= 11 is 0. The molecule has 0 spiro atoms. The number of nitrogens with two attached hydrogens (primary N) is 1. The summed E-state index contributed by atoms with van der Waals surface area (Å²) in [4.78, 5) is 8.37. The van der Waals surface area contributed by atoms with E-state index in [1.807, 2.05) is 23.1 Å². The molecule has 0 aliphatic rings. The second-order valence-electron chi connectivity index (χ2n) is 4.29. The molecule has 0 unspecified atom stereocenters. The molecule has 3 rings (SSSR count). The van der Waals surface area contributed by atoms with Crippen LogP contribution in [-0.2, 0) is 19.5 Å². The van der Waals surface area contributed by atoms with Gasteiger partial charge in [-0.25, -0.2) is 9.67 Å². The molecule has 8 heteroatoms. The van der Waals surface area contributed by atoms with Gasteiger partial charge in [0.2, 0.25) is 12.3 Å². The number of hydrogen-bond acceptors (Lipinski definition) is 6. The molecule has 0 saturated heterocycles. The predicted octanol–water partition coefficient (Wildman–Crippen LogP) is 0.769. The summed E-state index contributed by atoms with van der Waals surface area (Å²) in [5.41, 5.74) is 8.67. The minimum atomic E-state index is 0.487. The SMILES string of the molecule is CCn1nc(C)c2nc(N)n(CCc3ncon3)c21. The van der Waals surface area contributed by atoms with Gasteiger partial charge in [-0.1, -0.05) is 5.16 Å². The number of imidazole rings is 1. The lowest BCUT2D eigenvalue weighted by molar-refractivity contribution is 0.408. The molecule has 2 N–H and O–H groups in total. The molecule has 0 atom stereocenters. The van der Waals surface area contributed by atoms with Crippen LogP contribution < -0.4 is 5.73 Å². The van der Waals surface area contributed by atoms with Crippen molar-refractivity contribution in [2.24, 2.45) is 0 Å². The average molecular weight is 261 g/mol. The Morgan fingerprint density at radius 3 is 2.95 bits per heavy atom. The second-order valence-corrected chi connectivity index (χ2v) is 4.29. The molecule has 3 heterocycles. The lowest BCUT2D eigenvalue weighted by atomic mass is 10.4. The molecule has 0 aliphatic heterocycles. The van der Waals surface area contributed by atoms with Crippen LogP contribution >= 0.6 is 0 Å². The number of aryl methyl sites for hydroxylation is 4. The van der Waals surface area contributed by atoms with E-state index in [-0.39, 0.29) is 0 Å². The first-order valence-electron chi connectivity index (χ1n) is 6.15. The van der Waals surface area contributed by atoms with Gasteiger partial charge in [0.05, 0.1) is 5.69 Å². The van der Waals surface area contributed by atoms with Gasteiger partial charge in [-0.05, 0) is 13.8 Å². The van der Waals surface area contributed by atoms with Crippen LogP contribution in [0.25, 0.3) is 11.2 Å². The third kappa shape index (κ3) is 1.85. The molecule has 3 aromatic rings. The van der Waals surface area contributed by atoms with Crippen molar-refractivity contribution >= 4 is 17.1 Å². The fraction of sp³-hybridized carbons (Fsp3) is 0.455. The van der Waals surface area contributed by atoms with Crippen molar-refractivity contribution in [3.05, 3.63) is 17.9 Å². The van der Waals surface area contributed by atoms with Crippen LogP contribution in [0.1, 0.15) is 18.4 Å². The maximum Gasteiger partial charge on any atom is 0.213 e. The van der Waals surface area contributed by atoms with Crippen molar-refractivity contribution < 1.29 is 4.52 Å². The standard InChI is InChI=1S/C11H15N7O/c1-3-18-10-9(7(2)15-18)14-11(12)17(10)5-4-8-13-6-19-16-8/h6H,3-5H2,1-2H3,(H2,12,14). The summed E-state index contributed by atoms with van der Waals surface area (Å²) in [5, 5.41) is 8.23. The normalized spacial score (nSPS) is 11.5. The van der Waals surface area contributed by atoms with Crippen LogP contribution in [0, 0.1) is 6.92 Å². The van der Waals surface area contributed by atoms with Gasteiger partial charge < -0.3 is 10.3 Å².